The maximum Gasteiger partial charge on any atom is 0.0107 e. The summed E-state index contributed by atoms with van der Waals surface area (Å²) in [4.78, 5) is 2.73. The normalized spacial score (nSPS) is 31.6. The van der Waals surface area contributed by atoms with Gasteiger partial charge in [0.05, 0.1) is 0 Å². The Morgan fingerprint density at radius 1 is 0.739 bits per heavy atom. The molecule has 0 bridgehead atoms. The molecule has 23 heavy (non-hydrogen) atoms. The van der Waals surface area contributed by atoms with Gasteiger partial charge in [0.15, 0.2) is 0 Å². The Morgan fingerprint density at radius 2 is 1.39 bits per heavy atom. The van der Waals surface area contributed by atoms with Crippen LogP contribution >= 0.6 is 0 Å². The summed E-state index contributed by atoms with van der Waals surface area (Å²) < 4.78 is 0. The van der Waals surface area contributed by atoms with Crippen LogP contribution in [0.3, 0.4) is 0 Å². The molecule has 3 aliphatic rings. The molecule has 0 radical (unpaired) electrons. The van der Waals surface area contributed by atoms with E-state index in [-0.39, 0.29) is 0 Å². The summed E-state index contributed by atoms with van der Waals surface area (Å²) in [5.74, 6) is 1.97. The van der Waals surface area contributed by atoms with Crippen LogP contribution in [0.25, 0.3) is 0 Å². The van der Waals surface area contributed by atoms with Crippen molar-refractivity contribution in [3.05, 3.63) is 0 Å². The van der Waals surface area contributed by atoms with Crippen LogP contribution in [0.2, 0.25) is 0 Å². The molecule has 2 atom stereocenters. The molecule has 0 aromatic heterocycles. The SMILES string of the molecule is CN(CC1CCCCC1)C1CCCC(NCC2CCCCC2)C1. The second-order valence-electron chi connectivity index (χ2n) is 8.87. The molecule has 134 valence electrons. The highest BCUT2D eigenvalue weighted by molar-refractivity contribution is 4.85. The quantitative estimate of drug-likeness (QED) is 0.742. The van der Waals surface area contributed by atoms with Gasteiger partial charge >= 0.3 is 0 Å². The minimum Gasteiger partial charge on any atom is -0.314 e. The third-order valence-corrected chi connectivity index (χ3v) is 6.96. The summed E-state index contributed by atoms with van der Waals surface area (Å²) in [6, 6.07) is 1.64. The fraction of sp³-hybridized carbons (Fsp3) is 1.00. The summed E-state index contributed by atoms with van der Waals surface area (Å²) in [7, 11) is 2.41. The summed E-state index contributed by atoms with van der Waals surface area (Å²) in [5, 5.41) is 3.95. The third-order valence-electron chi connectivity index (χ3n) is 6.96. The van der Waals surface area contributed by atoms with Crippen molar-refractivity contribution in [3.8, 4) is 0 Å². The molecule has 2 heteroatoms. The standard InChI is InChI=1S/C21H40N2/c1-23(17-19-11-6-3-7-12-19)21-14-8-13-20(15-21)22-16-18-9-4-2-5-10-18/h18-22H,2-17H2,1H3. The minimum absolute atomic E-state index is 0.796. The van der Waals surface area contributed by atoms with Gasteiger partial charge in [0.25, 0.3) is 0 Å². The van der Waals surface area contributed by atoms with Crippen molar-refractivity contribution >= 4 is 0 Å². The summed E-state index contributed by atoms with van der Waals surface area (Å²) in [5.41, 5.74) is 0. The topological polar surface area (TPSA) is 15.3 Å². The van der Waals surface area contributed by atoms with E-state index < -0.39 is 0 Å². The first-order valence-electron chi connectivity index (χ1n) is 10.7. The molecule has 0 spiro atoms. The number of nitrogens with one attached hydrogen (secondary N) is 1. The van der Waals surface area contributed by atoms with Gasteiger partial charge in [0.1, 0.15) is 0 Å². The molecule has 0 aliphatic heterocycles. The van der Waals surface area contributed by atoms with Gasteiger partial charge in [-0.2, -0.15) is 0 Å². The van der Waals surface area contributed by atoms with Crippen LogP contribution < -0.4 is 5.32 Å². The monoisotopic (exact) mass is 320 g/mol. The fourth-order valence-electron chi connectivity index (χ4n) is 5.40. The van der Waals surface area contributed by atoms with Gasteiger partial charge in [-0.3, -0.25) is 0 Å². The van der Waals surface area contributed by atoms with Crippen molar-refractivity contribution in [2.45, 2.75) is 102 Å². The van der Waals surface area contributed by atoms with E-state index in [0.717, 1.165) is 23.9 Å². The lowest BCUT2D eigenvalue weighted by molar-refractivity contribution is 0.134. The molecule has 3 fully saturated rings. The number of hydrogen-bond acceptors (Lipinski definition) is 2. The first kappa shape index (κ1) is 17.7. The van der Waals surface area contributed by atoms with E-state index in [0.29, 0.717) is 0 Å². The second-order valence-corrected chi connectivity index (χ2v) is 8.87. The molecular formula is C21H40N2. The third kappa shape index (κ3) is 5.74. The lowest BCUT2D eigenvalue weighted by Gasteiger charge is -2.38. The molecule has 0 heterocycles. The molecule has 2 unspecified atom stereocenters. The summed E-state index contributed by atoms with van der Waals surface area (Å²) in [6.07, 6.45) is 20.5. The van der Waals surface area contributed by atoms with Crippen molar-refractivity contribution in [2.24, 2.45) is 11.8 Å². The fourth-order valence-corrected chi connectivity index (χ4v) is 5.40. The predicted molar refractivity (Wildman–Crippen MR) is 99.8 cm³/mol. The number of nitrogens with zero attached hydrogens (tertiary/aromatic N) is 1. The zero-order chi connectivity index (χ0) is 15.9. The first-order chi connectivity index (χ1) is 11.3. The molecule has 0 aromatic carbocycles. The van der Waals surface area contributed by atoms with E-state index in [1.54, 1.807) is 0 Å². The van der Waals surface area contributed by atoms with Gasteiger partial charge in [-0.25, -0.2) is 0 Å². The first-order valence-corrected chi connectivity index (χ1v) is 10.7. The highest BCUT2D eigenvalue weighted by Gasteiger charge is 2.27. The number of rotatable bonds is 6. The average Bonchev–Trinajstić information content (AvgIpc) is 2.62. The Labute approximate surface area is 144 Å². The molecule has 3 rings (SSSR count). The van der Waals surface area contributed by atoms with Crippen LogP contribution in [-0.2, 0) is 0 Å². The van der Waals surface area contributed by atoms with Crippen LogP contribution in [0, 0.1) is 11.8 Å². The summed E-state index contributed by atoms with van der Waals surface area (Å²) in [6.45, 7) is 2.66. The molecule has 0 aromatic rings. The van der Waals surface area contributed by atoms with Crippen molar-refractivity contribution < 1.29 is 0 Å². The van der Waals surface area contributed by atoms with E-state index >= 15 is 0 Å². The molecule has 1 N–H and O–H groups in total. The number of hydrogen-bond donors (Lipinski definition) is 1. The van der Waals surface area contributed by atoms with Crippen molar-refractivity contribution in [2.75, 3.05) is 20.1 Å². The van der Waals surface area contributed by atoms with Crippen molar-refractivity contribution in [1.82, 2.24) is 10.2 Å². The van der Waals surface area contributed by atoms with Crippen LogP contribution in [0.15, 0.2) is 0 Å². The highest BCUT2D eigenvalue weighted by atomic mass is 15.1. The Hall–Kier alpha value is -0.0800. The van der Waals surface area contributed by atoms with Crippen LogP contribution in [0.5, 0.6) is 0 Å². The zero-order valence-electron chi connectivity index (χ0n) is 15.6. The lowest BCUT2D eigenvalue weighted by Crippen LogP contribution is -2.45. The van der Waals surface area contributed by atoms with Gasteiger partial charge in [-0.1, -0.05) is 44.9 Å². The highest BCUT2D eigenvalue weighted by Crippen LogP contribution is 2.28. The van der Waals surface area contributed by atoms with E-state index in [1.807, 2.05) is 0 Å². The van der Waals surface area contributed by atoms with Gasteiger partial charge in [0, 0.05) is 18.6 Å². The van der Waals surface area contributed by atoms with Crippen molar-refractivity contribution in [1.29, 1.82) is 0 Å². The van der Waals surface area contributed by atoms with E-state index in [2.05, 4.69) is 17.3 Å². The lowest BCUT2D eigenvalue weighted by atomic mass is 9.85. The second kappa shape index (κ2) is 9.42. The summed E-state index contributed by atoms with van der Waals surface area (Å²) >= 11 is 0. The van der Waals surface area contributed by atoms with Crippen LogP contribution in [-0.4, -0.2) is 37.1 Å². The maximum absolute atomic E-state index is 3.95. The van der Waals surface area contributed by atoms with Gasteiger partial charge in [-0.05, 0) is 70.4 Å². The van der Waals surface area contributed by atoms with Crippen LogP contribution in [0.1, 0.15) is 89.9 Å². The molecule has 2 nitrogen and oxygen atoms in total. The Kier molecular flexibility index (Phi) is 7.26. The molecule has 3 saturated carbocycles. The Morgan fingerprint density at radius 3 is 2.09 bits per heavy atom. The smallest absolute Gasteiger partial charge is 0.0107 e. The largest absolute Gasteiger partial charge is 0.314 e. The van der Waals surface area contributed by atoms with E-state index in [9.17, 15) is 0 Å². The van der Waals surface area contributed by atoms with Gasteiger partial charge in [0.2, 0.25) is 0 Å². The van der Waals surface area contributed by atoms with Crippen molar-refractivity contribution in [3.63, 3.8) is 0 Å². The average molecular weight is 321 g/mol. The zero-order valence-corrected chi connectivity index (χ0v) is 15.6. The molecule has 0 saturated heterocycles. The van der Waals surface area contributed by atoms with E-state index in [4.69, 9.17) is 0 Å². The molecular weight excluding hydrogens is 280 g/mol. The van der Waals surface area contributed by atoms with Crippen LogP contribution in [0.4, 0.5) is 0 Å². The van der Waals surface area contributed by atoms with E-state index in [1.165, 1.54) is 103 Å². The maximum atomic E-state index is 3.95. The minimum atomic E-state index is 0.796. The molecule has 0 amide bonds. The molecule has 3 aliphatic carbocycles. The Bertz CT molecular complexity index is 318. The van der Waals surface area contributed by atoms with Gasteiger partial charge in [-0.15, -0.1) is 0 Å². The van der Waals surface area contributed by atoms with Gasteiger partial charge < -0.3 is 10.2 Å². The Balaban J connectivity index is 1.38. The predicted octanol–water partition coefficient (Wildman–Crippen LogP) is 4.98.